The summed E-state index contributed by atoms with van der Waals surface area (Å²) in [6, 6.07) is 25.9. The van der Waals surface area contributed by atoms with Crippen LogP contribution >= 0.6 is 11.8 Å². The minimum absolute atomic E-state index is 0.218. The van der Waals surface area contributed by atoms with E-state index in [2.05, 4.69) is 31.2 Å². The lowest BCUT2D eigenvalue weighted by atomic mass is 9.73. The molecule has 5 heteroatoms. The van der Waals surface area contributed by atoms with Gasteiger partial charge >= 0.3 is 5.97 Å². The molecule has 1 unspecified atom stereocenters. The van der Waals surface area contributed by atoms with Crippen molar-refractivity contribution in [1.29, 1.82) is 0 Å². The summed E-state index contributed by atoms with van der Waals surface area (Å²) in [5, 5.41) is -0.502. The standard InChI is InChI=1S/C24H22O4S/c1-24(17-9-5-3-6-10-17,18-11-7-4-8-12-18)22(23(25)26-2)29-19-13-14-20-21(15-19)28-16-27-20/h3-15,22H,16H2,1-2H3. The van der Waals surface area contributed by atoms with Crippen LogP contribution in [0.25, 0.3) is 0 Å². The molecule has 0 bridgehead atoms. The maximum atomic E-state index is 13.0. The first-order valence-electron chi connectivity index (χ1n) is 9.38. The zero-order chi connectivity index (χ0) is 20.3. The summed E-state index contributed by atoms with van der Waals surface area (Å²) in [6.07, 6.45) is 0. The van der Waals surface area contributed by atoms with Crippen LogP contribution in [-0.4, -0.2) is 25.1 Å². The average Bonchev–Trinajstić information content (AvgIpc) is 3.25. The molecule has 1 aliphatic rings. The van der Waals surface area contributed by atoms with Crippen molar-refractivity contribution in [3.05, 3.63) is 90.0 Å². The number of rotatable bonds is 6. The number of thioether (sulfide) groups is 1. The van der Waals surface area contributed by atoms with Crippen LogP contribution in [0.3, 0.4) is 0 Å². The molecule has 29 heavy (non-hydrogen) atoms. The molecule has 1 atom stereocenters. The fourth-order valence-electron chi connectivity index (χ4n) is 3.63. The van der Waals surface area contributed by atoms with Gasteiger partial charge in [-0.05, 0) is 36.2 Å². The third kappa shape index (κ3) is 3.70. The molecule has 3 aromatic rings. The SMILES string of the molecule is COC(=O)C(Sc1ccc2c(c1)OCO2)C(C)(c1ccccc1)c1ccccc1. The third-order valence-corrected chi connectivity index (χ3v) is 6.71. The third-order valence-electron chi connectivity index (χ3n) is 5.28. The first-order chi connectivity index (χ1) is 14.1. The molecule has 0 aliphatic carbocycles. The van der Waals surface area contributed by atoms with E-state index >= 15 is 0 Å². The van der Waals surface area contributed by atoms with Gasteiger partial charge in [0.1, 0.15) is 5.25 Å². The topological polar surface area (TPSA) is 44.8 Å². The number of esters is 1. The number of benzene rings is 3. The molecule has 1 aliphatic heterocycles. The molecule has 4 rings (SSSR count). The molecule has 4 nitrogen and oxygen atoms in total. The zero-order valence-corrected chi connectivity index (χ0v) is 17.1. The Kier molecular flexibility index (Phi) is 5.49. The Morgan fingerprint density at radius 2 is 1.52 bits per heavy atom. The molecule has 0 saturated heterocycles. The van der Waals surface area contributed by atoms with E-state index in [4.69, 9.17) is 14.2 Å². The van der Waals surface area contributed by atoms with Crippen LogP contribution in [0.5, 0.6) is 11.5 Å². The van der Waals surface area contributed by atoms with Crippen LogP contribution in [0, 0.1) is 0 Å². The van der Waals surface area contributed by atoms with E-state index in [1.807, 2.05) is 54.6 Å². The Bertz CT molecular complexity index is 949. The molecule has 0 aromatic heterocycles. The van der Waals surface area contributed by atoms with Crippen molar-refractivity contribution in [3.63, 3.8) is 0 Å². The van der Waals surface area contributed by atoms with Crippen molar-refractivity contribution in [2.24, 2.45) is 0 Å². The second-order valence-corrected chi connectivity index (χ2v) is 8.15. The number of hydrogen-bond donors (Lipinski definition) is 0. The molecule has 1 heterocycles. The van der Waals surface area contributed by atoms with Gasteiger partial charge in [0.2, 0.25) is 6.79 Å². The Morgan fingerprint density at radius 1 is 0.931 bits per heavy atom. The summed E-state index contributed by atoms with van der Waals surface area (Å²) in [5.41, 5.74) is 1.50. The lowest BCUT2D eigenvalue weighted by Crippen LogP contribution is -2.41. The van der Waals surface area contributed by atoms with Crippen molar-refractivity contribution < 1.29 is 19.0 Å². The van der Waals surface area contributed by atoms with Gasteiger partial charge in [0.05, 0.1) is 7.11 Å². The second-order valence-electron chi connectivity index (χ2n) is 6.97. The van der Waals surface area contributed by atoms with Crippen molar-refractivity contribution in [2.45, 2.75) is 22.5 Å². The first-order valence-corrected chi connectivity index (χ1v) is 10.3. The highest BCUT2D eigenvalue weighted by Gasteiger charge is 2.43. The van der Waals surface area contributed by atoms with Crippen LogP contribution in [0.15, 0.2) is 83.8 Å². The number of ether oxygens (including phenoxy) is 3. The summed E-state index contributed by atoms with van der Waals surface area (Å²) < 4.78 is 16.2. The quantitative estimate of drug-likeness (QED) is 0.423. The van der Waals surface area contributed by atoms with Crippen LogP contribution < -0.4 is 9.47 Å². The van der Waals surface area contributed by atoms with E-state index in [0.717, 1.165) is 21.8 Å². The predicted octanol–water partition coefficient (Wildman–Crippen LogP) is 5.06. The fraction of sp³-hybridized carbons (Fsp3) is 0.208. The van der Waals surface area contributed by atoms with Gasteiger partial charge in [0.15, 0.2) is 11.5 Å². The van der Waals surface area contributed by atoms with Gasteiger partial charge in [0, 0.05) is 10.3 Å². The maximum Gasteiger partial charge on any atom is 0.320 e. The highest BCUT2D eigenvalue weighted by Crippen LogP contribution is 2.45. The summed E-state index contributed by atoms with van der Waals surface area (Å²) in [4.78, 5) is 14.0. The average molecular weight is 407 g/mol. The minimum atomic E-state index is -0.601. The zero-order valence-electron chi connectivity index (χ0n) is 16.3. The molecule has 0 fully saturated rings. The van der Waals surface area contributed by atoms with Crippen molar-refractivity contribution in [3.8, 4) is 11.5 Å². The van der Waals surface area contributed by atoms with Gasteiger partial charge in [-0.25, -0.2) is 0 Å². The van der Waals surface area contributed by atoms with E-state index in [0.29, 0.717) is 5.75 Å². The smallest absolute Gasteiger partial charge is 0.320 e. The number of methoxy groups -OCH3 is 1. The minimum Gasteiger partial charge on any atom is -0.468 e. The molecular formula is C24H22O4S. The maximum absolute atomic E-state index is 13.0. The number of hydrogen-bond acceptors (Lipinski definition) is 5. The lowest BCUT2D eigenvalue weighted by Gasteiger charge is -2.37. The largest absolute Gasteiger partial charge is 0.468 e. The van der Waals surface area contributed by atoms with Crippen molar-refractivity contribution in [1.82, 2.24) is 0 Å². The van der Waals surface area contributed by atoms with Gasteiger partial charge in [-0.3, -0.25) is 4.79 Å². The normalized spacial score (nSPS) is 13.7. The van der Waals surface area contributed by atoms with E-state index in [1.54, 1.807) is 0 Å². The van der Waals surface area contributed by atoms with Crippen LogP contribution in [0.4, 0.5) is 0 Å². The highest BCUT2D eigenvalue weighted by molar-refractivity contribution is 8.00. The molecule has 3 aromatic carbocycles. The van der Waals surface area contributed by atoms with Crippen LogP contribution in [0.2, 0.25) is 0 Å². The van der Waals surface area contributed by atoms with E-state index in [1.165, 1.54) is 18.9 Å². The Labute approximate surface area is 174 Å². The molecular weight excluding hydrogens is 384 g/mol. The summed E-state index contributed by atoms with van der Waals surface area (Å²) in [7, 11) is 1.44. The van der Waals surface area contributed by atoms with Gasteiger partial charge in [-0.15, -0.1) is 11.8 Å². The van der Waals surface area contributed by atoms with E-state index in [9.17, 15) is 4.79 Å². The monoisotopic (exact) mass is 406 g/mol. The molecule has 0 amide bonds. The van der Waals surface area contributed by atoms with Crippen LogP contribution in [-0.2, 0) is 14.9 Å². The summed E-state index contributed by atoms with van der Waals surface area (Å²) >= 11 is 1.47. The Balaban J connectivity index is 1.81. The van der Waals surface area contributed by atoms with Crippen LogP contribution in [0.1, 0.15) is 18.1 Å². The van der Waals surface area contributed by atoms with E-state index < -0.39 is 10.7 Å². The Morgan fingerprint density at radius 3 is 2.10 bits per heavy atom. The van der Waals surface area contributed by atoms with Crippen molar-refractivity contribution in [2.75, 3.05) is 13.9 Å². The number of fused-ring (bicyclic) bond motifs is 1. The lowest BCUT2D eigenvalue weighted by molar-refractivity contribution is -0.140. The second kappa shape index (κ2) is 8.21. The first kappa shape index (κ1) is 19.4. The number of carbonyl (C=O) groups is 1. The summed E-state index contributed by atoms with van der Waals surface area (Å²) in [6.45, 7) is 2.31. The molecule has 0 radical (unpaired) electrons. The molecule has 0 N–H and O–H groups in total. The Hall–Kier alpha value is -2.92. The van der Waals surface area contributed by atoms with Gasteiger partial charge < -0.3 is 14.2 Å². The van der Waals surface area contributed by atoms with Gasteiger partial charge in [-0.2, -0.15) is 0 Å². The van der Waals surface area contributed by atoms with Gasteiger partial charge in [-0.1, -0.05) is 60.7 Å². The summed E-state index contributed by atoms with van der Waals surface area (Å²) in [5.74, 6) is 1.14. The molecule has 0 spiro atoms. The van der Waals surface area contributed by atoms with Crippen molar-refractivity contribution >= 4 is 17.7 Å². The fourth-order valence-corrected chi connectivity index (χ4v) is 4.93. The number of carbonyl (C=O) groups excluding carboxylic acids is 1. The van der Waals surface area contributed by atoms with Gasteiger partial charge in [0.25, 0.3) is 0 Å². The highest BCUT2D eigenvalue weighted by atomic mass is 32.2. The molecule has 0 saturated carbocycles. The van der Waals surface area contributed by atoms with E-state index in [-0.39, 0.29) is 12.8 Å². The predicted molar refractivity (Wildman–Crippen MR) is 114 cm³/mol. The molecule has 148 valence electrons.